The van der Waals surface area contributed by atoms with Crippen molar-refractivity contribution in [2.75, 3.05) is 7.11 Å². The first-order chi connectivity index (χ1) is 7.54. The molecule has 2 atom stereocenters. The summed E-state index contributed by atoms with van der Waals surface area (Å²) in [6.07, 6.45) is -2.35. The van der Waals surface area contributed by atoms with E-state index >= 15 is 0 Å². The molecule has 0 aromatic heterocycles. The third kappa shape index (κ3) is 3.45. The molecule has 0 aliphatic rings. The maximum absolute atomic E-state index is 12.3. The average molecular weight is 229 g/mol. The van der Waals surface area contributed by atoms with Gasteiger partial charge in [0.25, 0.3) is 6.43 Å². The Hall–Kier alpha value is -1.16. The summed E-state index contributed by atoms with van der Waals surface area (Å²) >= 11 is 0. The molecular weight excluding hydrogens is 212 g/mol. The fourth-order valence-electron chi connectivity index (χ4n) is 1.46. The predicted octanol–water partition coefficient (Wildman–Crippen LogP) is 3.00. The second-order valence-corrected chi connectivity index (χ2v) is 3.78. The zero-order valence-electron chi connectivity index (χ0n) is 9.71. The lowest BCUT2D eigenvalue weighted by Crippen LogP contribution is -2.34. The highest BCUT2D eigenvalue weighted by Gasteiger charge is 2.17. The van der Waals surface area contributed by atoms with Gasteiger partial charge >= 0.3 is 0 Å². The molecular formula is C12H17F2NO. The van der Waals surface area contributed by atoms with E-state index in [-0.39, 0.29) is 6.04 Å². The van der Waals surface area contributed by atoms with Crippen LogP contribution in [0.25, 0.3) is 0 Å². The summed E-state index contributed by atoms with van der Waals surface area (Å²) in [5.41, 5.74) is 0.966. The molecule has 0 heterocycles. The molecule has 1 N–H and O–H groups in total. The molecule has 0 fully saturated rings. The van der Waals surface area contributed by atoms with Crippen molar-refractivity contribution >= 4 is 0 Å². The normalized spacial score (nSPS) is 14.9. The lowest BCUT2D eigenvalue weighted by molar-refractivity contribution is 0.101. The van der Waals surface area contributed by atoms with Gasteiger partial charge in [0.05, 0.1) is 13.2 Å². The molecule has 90 valence electrons. The number of alkyl halides is 2. The fourth-order valence-corrected chi connectivity index (χ4v) is 1.46. The van der Waals surface area contributed by atoms with Gasteiger partial charge in [-0.1, -0.05) is 12.1 Å². The standard InChI is InChI=1S/C12H17F2NO/c1-8(15-9(2)12(13)14)10-4-6-11(16-3)7-5-10/h4-9,12,15H,1-3H3/t8-,9?/m1/s1. The molecule has 0 bridgehead atoms. The smallest absolute Gasteiger partial charge is 0.253 e. The zero-order valence-corrected chi connectivity index (χ0v) is 9.71. The van der Waals surface area contributed by atoms with E-state index in [4.69, 9.17) is 4.74 Å². The summed E-state index contributed by atoms with van der Waals surface area (Å²) in [4.78, 5) is 0. The molecule has 0 amide bonds. The van der Waals surface area contributed by atoms with Gasteiger partial charge in [0.1, 0.15) is 5.75 Å². The van der Waals surface area contributed by atoms with E-state index in [2.05, 4.69) is 5.32 Å². The molecule has 0 spiro atoms. The summed E-state index contributed by atoms with van der Waals surface area (Å²) in [5, 5.41) is 2.84. The molecule has 2 nitrogen and oxygen atoms in total. The molecule has 1 unspecified atom stereocenters. The summed E-state index contributed by atoms with van der Waals surface area (Å²) in [6.45, 7) is 3.34. The molecule has 0 saturated carbocycles. The molecule has 0 aliphatic carbocycles. The van der Waals surface area contributed by atoms with Crippen molar-refractivity contribution in [3.05, 3.63) is 29.8 Å². The van der Waals surface area contributed by atoms with Crippen molar-refractivity contribution < 1.29 is 13.5 Å². The van der Waals surface area contributed by atoms with E-state index in [1.165, 1.54) is 6.92 Å². The zero-order chi connectivity index (χ0) is 12.1. The van der Waals surface area contributed by atoms with Crippen LogP contribution in [0.1, 0.15) is 25.5 Å². The van der Waals surface area contributed by atoms with E-state index < -0.39 is 12.5 Å². The van der Waals surface area contributed by atoms with Gasteiger partial charge in [-0.3, -0.25) is 0 Å². The van der Waals surface area contributed by atoms with Crippen LogP contribution in [-0.4, -0.2) is 19.6 Å². The number of ether oxygens (including phenoxy) is 1. The minimum atomic E-state index is -2.35. The molecule has 0 saturated heterocycles. The van der Waals surface area contributed by atoms with Crippen molar-refractivity contribution in [3.63, 3.8) is 0 Å². The minimum absolute atomic E-state index is 0.102. The van der Waals surface area contributed by atoms with Gasteiger partial charge in [-0.2, -0.15) is 0 Å². The van der Waals surface area contributed by atoms with Crippen LogP contribution in [0.5, 0.6) is 5.75 Å². The Balaban J connectivity index is 2.62. The Morgan fingerprint density at radius 2 is 1.69 bits per heavy atom. The predicted molar refractivity (Wildman–Crippen MR) is 60.0 cm³/mol. The first-order valence-corrected chi connectivity index (χ1v) is 5.22. The van der Waals surface area contributed by atoms with Crippen molar-refractivity contribution in [3.8, 4) is 5.75 Å². The minimum Gasteiger partial charge on any atom is -0.497 e. The van der Waals surface area contributed by atoms with Crippen LogP contribution in [-0.2, 0) is 0 Å². The second kappa shape index (κ2) is 5.80. The third-order valence-electron chi connectivity index (χ3n) is 2.51. The topological polar surface area (TPSA) is 21.3 Å². The number of hydrogen-bond acceptors (Lipinski definition) is 2. The Labute approximate surface area is 94.6 Å². The fraction of sp³-hybridized carbons (Fsp3) is 0.500. The van der Waals surface area contributed by atoms with Gasteiger partial charge in [-0.05, 0) is 31.5 Å². The SMILES string of the molecule is COc1ccc([C@@H](C)NC(C)C(F)F)cc1. The first kappa shape index (κ1) is 12.9. The quantitative estimate of drug-likeness (QED) is 0.838. The summed E-state index contributed by atoms with van der Waals surface area (Å²) in [7, 11) is 1.59. The lowest BCUT2D eigenvalue weighted by atomic mass is 10.1. The summed E-state index contributed by atoms with van der Waals surface area (Å²) < 4.78 is 29.7. The Morgan fingerprint density at radius 1 is 1.12 bits per heavy atom. The van der Waals surface area contributed by atoms with Crippen molar-refractivity contribution in [1.82, 2.24) is 5.32 Å². The molecule has 1 aromatic rings. The molecule has 0 aliphatic heterocycles. The summed E-state index contributed by atoms with van der Waals surface area (Å²) in [6, 6.07) is 6.47. The summed E-state index contributed by atoms with van der Waals surface area (Å²) in [5.74, 6) is 0.762. The molecule has 0 radical (unpaired) electrons. The van der Waals surface area contributed by atoms with Gasteiger partial charge in [0.2, 0.25) is 0 Å². The van der Waals surface area contributed by atoms with Gasteiger partial charge in [0, 0.05) is 6.04 Å². The Bertz CT molecular complexity index is 313. The maximum atomic E-state index is 12.3. The van der Waals surface area contributed by atoms with Crippen LogP contribution in [0.4, 0.5) is 8.78 Å². The Kier molecular flexibility index (Phi) is 4.68. The van der Waals surface area contributed by atoms with Crippen LogP contribution in [0, 0.1) is 0 Å². The van der Waals surface area contributed by atoms with Crippen molar-refractivity contribution in [1.29, 1.82) is 0 Å². The number of benzene rings is 1. The highest BCUT2D eigenvalue weighted by atomic mass is 19.3. The monoisotopic (exact) mass is 229 g/mol. The van der Waals surface area contributed by atoms with E-state index in [1.807, 2.05) is 31.2 Å². The highest BCUT2D eigenvalue weighted by molar-refractivity contribution is 5.28. The largest absolute Gasteiger partial charge is 0.497 e. The van der Waals surface area contributed by atoms with E-state index in [0.717, 1.165) is 11.3 Å². The van der Waals surface area contributed by atoms with Crippen LogP contribution >= 0.6 is 0 Å². The highest BCUT2D eigenvalue weighted by Crippen LogP contribution is 2.18. The van der Waals surface area contributed by atoms with Crippen molar-refractivity contribution in [2.45, 2.75) is 32.4 Å². The molecule has 16 heavy (non-hydrogen) atoms. The maximum Gasteiger partial charge on any atom is 0.253 e. The second-order valence-electron chi connectivity index (χ2n) is 3.78. The Morgan fingerprint density at radius 3 is 2.12 bits per heavy atom. The van der Waals surface area contributed by atoms with E-state index in [0.29, 0.717) is 0 Å². The van der Waals surface area contributed by atoms with E-state index in [9.17, 15) is 8.78 Å². The number of hydrogen-bond donors (Lipinski definition) is 1. The van der Waals surface area contributed by atoms with Crippen LogP contribution in [0.15, 0.2) is 24.3 Å². The van der Waals surface area contributed by atoms with Crippen LogP contribution in [0.3, 0.4) is 0 Å². The van der Waals surface area contributed by atoms with Crippen molar-refractivity contribution in [2.24, 2.45) is 0 Å². The van der Waals surface area contributed by atoms with Crippen LogP contribution < -0.4 is 10.1 Å². The number of halogens is 2. The number of methoxy groups -OCH3 is 1. The molecule has 1 rings (SSSR count). The first-order valence-electron chi connectivity index (χ1n) is 5.22. The molecule has 4 heteroatoms. The van der Waals surface area contributed by atoms with Gasteiger partial charge in [-0.25, -0.2) is 8.78 Å². The number of nitrogens with one attached hydrogen (secondary N) is 1. The average Bonchev–Trinajstić information content (AvgIpc) is 2.28. The van der Waals surface area contributed by atoms with Crippen LogP contribution in [0.2, 0.25) is 0 Å². The van der Waals surface area contributed by atoms with Gasteiger partial charge in [-0.15, -0.1) is 0 Å². The van der Waals surface area contributed by atoms with E-state index in [1.54, 1.807) is 7.11 Å². The number of rotatable bonds is 5. The molecule has 1 aromatic carbocycles. The third-order valence-corrected chi connectivity index (χ3v) is 2.51. The van der Waals surface area contributed by atoms with Gasteiger partial charge < -0.3 is 10.1 Å². The van der Waals surface area contributed by atoms with Gasteiger partial charge in [0.15, 0.2) is 0 Å². The lowest BCUT2D eigenvalue weighted by Gasteiger charge is -2.19.